The first-order chi connectivity index (χ1) is 12.7. The number of amides is 1. The molecular formula is C22H18N2OS. The van der Waals surface area contributed by atoms with Crippen LogP contribution in [-0.2, 0) is 6.42 Å². The summed E-state index contributed by atoms with van der Waals surface area (Å²) < 4.78 is 0. The van der Waals surface area contributed by atoms with Gasteiger partial charge in [-0.25, -0.2) is 0 Å². The summed E-state index contributed by atoms with van der Waals surface area (Å²) in [7, 11) is 0. The molecule has 0 atom stereocenters. The second kappa shape index (κ2) is 7.10. The molecule has 3 nitrogen and oxygen atoms in total. The number of hydrogen-bond donors (Lipinski definition) is 1. The first-order valence-corrected chi connectivity index (χ1v) is 8.99. The Hall–Kier alpha value is -2.98. The molecule has 1 amide bonds. The molecule has 3 aromatic rings. The molecule has 0 aliphatic carbocycles. The minimum atomic E-state index is -0.181. The fourth-order valence-electron chi connectivity index (χ4n) is 3.23. The van der Waals surface area contributed by atoms with E-state index in [1.165, 1.54) is 5.56 Å². The van der Waals surface area contributed by atoms with E-state index < -0.39 is 0 Å². The summed E-state index contributed by atoms with van der Waals surface area (Å²) in [6.45, 7) is 0.797. The molecule has 1 N–H and O–H groups in total. The van der Waals surface area contributed by atoms with E-state index in [-0.39, 0.29) is 5.91 Å². The molecule has 1 aliphatic rings. The lowest BCUT2D eigenvalue weighted by atomic mass is 10.0. The maximum absolute atomic E-state index is 12.5. The Labute approximate surface area is 158 Å². The average molecular weight is 358 g/mol. The fraction of sp³-hybridized carbons (Fsp3) is 0.0909. The number of nitrogens with one attached hydrogen (secondary N) is 1. The van der Waals surface area contributed by atoms with E-state index >= 15 is 0 Å². The first kappa shape index (κ1) is 16.5. The van der Waals surface area contributed by atoms with Crippen LogP contribution in [0.1, 0.15) is 15.9 Å². The van der Waals surface area contributed by atoms with Crippen molar-refractivity contribution in [2.24, 2.45) is 0 Å². The van der Waals surface area contributed by atoms with E-state index in [2.05, 4.69) is 23.5 Å². The van der Waals surface area contributed by atoms with E-state index in [1.807, 2.05) is 65.6 Å². The Balaban J connectivity index is 1.46. The zero-order valence-electron chi connectivity index (χ0n) is 14.2. The fourth-order valence-corrected chi connectivity index (χ4v) is 3.51. The van der Waals surface area contributed by atoms with Crippen LogP contribution in [0.4, 0.5) is 5.69 Å². The molecule has 0 fully saturated rings. The SMILES string of the molecule is O=C(NC(=S)N1CCc2ccccc21)c1ccc(-c2ccccc2)cc1. The summed E-state index contributed by atoms with van der Waals surface area (Å²) in [5.41, 5.74) is 5.15. The molecule has 0 unspecified atom stereocenters. The normalized spacial score (nSPS) is 12.5. The highest BCUT2D eigenvalue weighted by Gasteiger charge is 2.23. The lowest BCUT2D eigenvalue weighted by Crippen LogP contribution is -2.41. The highest BCUT2D eigenvalue weighted by molar-refractivity contribution is 7.80. The van der Waals surface area contributed by atoms with Crippen LogP contribution >= 0.6 is 12.2 Å². The largest absolute Gasteiger partial charge is 0.318 e. The van der Waals surface area contributed by atoms with Gasteiger partial charge in [-0.15, -0.1) is 0 Å². The van der Waals surface area contributed by atoms with Crippen LogP contribution in [0, 0.1) is 0 Å². The molecule has 26 heavy (non-hydrogen) atoms. The number of fused-ring (bicyclic) bond motifs is 1. The number of hydrogen-bond acceptors (Lipinski definition) is 2. The maximum Gasteiger partial charge on any atom is 0.257 e. The molecule has 1 aliphatic heterocycles. The third kappa shape index (κ3) is 3.24. The Kier molecular flexibility index (Phi) is 4.50. The third-order valence-corrected chi connectivity index (χ3v) is 4.93. The molecule has 4 heteroatoms. The third-order valence-electron chi connectivity index (χ3n) is 4.61. The predicted molar refractivity (Wildman–Crippen MR) is 109 cm³/mol. The van der Waals surface area contributed by atoms with Crippen molar-refractivity contribution < 1.29 is 4.79 Å². The Bertz CT molecular complexity index is 951. The lowest BCUT2D eigenvalue weighted by Gasteiger charge is -2.20. The van der Waals surface area contributed by atoms with Gasteiger partial charge in [-0.05, 0) is 53.5 Å². The zero-order chi connectivity index (χ0) is 17.9. The van der Waals surface area contributed by atoms with E-state index in [4.69, 9.17) is 12.2 Å². The Morgan fingerprint density at radius 1 is 0.846 bits per heavy atom. The minimum absolute atomic E-state index is 0.181. The molecule has 0 saturated carbocycles. The van der Waals surface area contributed by atoms with Gasteiger partial charge in [0, 0.05) is 17.8 Å². The van der Waals surface area contributed by atoms with Crippen LogP contribution in [0.15, 0.2) is 78.9 Å². The van der Waals surface area contributed by atoms with Gasteiger partial charge in [-0.3, -0.25) is 10.1 Å². The van der Waals surface area contributed by atoms with Crippen molar-refractivity contribution in [3.63, 3.8) is 0 Å². The quantitative estimate of drug-likeness (QED) is 0.688. The molecule has 128 valence electrons. The van der Waals surface area contributed by atoms with E-state index in [9.17, 15) is 4.79 Å². The van der Waals surface area contributed by atoms with Crippen LogP contribution in [0.25, 0.3) is 11.1 Å². The summed E-state index contributed by atoms with van der Waals surface area (Å²) >= 11 is 5.46. The highest BCUT2D eigenvalue weighted by Crippen LogP contribution is 2.27. The summed E-state index contributed by atoms with van der Waals surface area (Å²) in [5, 5.41) is 3.31. The van der Waals surface area contributed by atoms with Gasteiger partial charge in [0.2, 0.25) is 0 Å². The number of para-hydroxylation sites is 1. The number of carbonyl (C=O) groups is 1. The van der Waals surface area contributed by atoms with Crippen molar-refractivity contribution in [2.75, 3.05) is 11.4 Å². The number of benzene rings is 3. The van der Waals surface area contributed by atoms with Crippen molar-refractivity contribution in [1.82, 2.24) is 5.32 Å². The van der Waals surface area contributed by atoms with Crippen molar-refractivity contribution in [2.45, 2.75) is 6.42 Å². The second-order valence-corrected chi connectivity index (χ2v) is 6.62. The summed E-state index contributed by atoms with van der Waals surface area (Å²) in [4.78, 5) is 14.5. The number of rotatable bonds is 2. The maximum atomic E-state index is 12.5. The average Bonchev–Trinajstić information content (AvgIpc) is 3.13. The predicted octanol–water partition coefficient (Wildman–Crippen LogP) is 4.43. The number of thiocarbonyl (C=S) groups is 1. The van der Waals surface area contributed by atoms with Gasteiger partial charge in [0.25, 0.3) is 5.91 Å². The Morgan fingerprint density at radius 2 is 1.50 bits per heavy atom. The van der Waals surface area contributed by atoms with Crippen LogP contribution in [0.5, 0.6) is 0 Å². The number of carbonyl (C=O) groups excluding carboxylic acids is 1. The van der Waals surface area contributed by atoms with Gasteiger partial charge in [0.05, 0.1) is 0 Å². The highest BCUT2D eigenvalue weighted by atomic mass is 32.1. The summed E-state index contributed by atoms with van der Waals surface area (Å²) in [5.74, 6) is -0.181. The Morgan fingerprint density at radius 3 is 2.27 bits per heavy atom. The molecule has 0 spiro atoms. The molecule has 4 rings (SSSR count). The van der Waals surface area contributed by atoms with Crippen LogP contribution in [-0.4, -0.2) is 17.6 Å². The number of nitrogens with zero attached hydrogens (tertiary/aromatic N) is 1. The molecule has 3 aromatic carbocycles. The lowest BCUT2D eigenvalue weighted by molar-refractivity contribution is 0.0977. The summed E-state index contributed by atoms with van der Waals surface area (Å²) in [6, 6.07) is 25.8. The first-order valence-electron chi connectivity index (χ1n) is 8.58. The molecule has 0 aromatic heterocycles. The molecule has 0 saturated heterocycles. The second-order valence-electron chi connectivity index (χ2n) is 6.23. The number of anilines is 1. The van der Waals surface area contributed by atoms with E-state index in [0.717, 1.165) is 29.8 Å². The molecule has 0 bridgehead atoms. The van der Waals surface area contributed by atoms with Crippen molar-refractivity contribution in [3.8, 4) is 11.1 Å². The van der Waals surface area contributed by atoms with Gasteiger partial charge in [-0.2, -0.15) is 0 Å². The smallest absolute Gasteiger partial charge is 0.257 e. The van der Waals surface area contributed by atoms with Crippen LogP contribution < -0.4 is 10.2 Å². The zero-order valence-corrected chi connectivity index (χ0v) is 15.0. The molecule has 1 heterocycles. The van der Waals surface area contributed by atoms with Gasteiger partial charge in [-0.1, -0.05) is 60.7 Å². The van der Waals surface area contributed by atoms with Crippen molar-refractivity contribution in [1.29, 1.82) is 0 Å². The standard InChI is InChI=1S/C22H18N2OS/c25-21(19-12-10-17(11-13-19)16-6-2-1-3-7-16)23-22(26)24-15-14-18-8-4-5-9-20(18)24/h1-13H,14-15H2,(H,23,25,26). The van der Waals surface area contributed by atoms with Gasteiger partial charge in [0.15, 0.2) is 5.11 Å². The minimum Gasteiger partial charge on any atom is -0.318 e. The topological polar surface area (TPSA) is 32.3 Å². The van der Waals surface area contributed by atoms with Gasteiger partial charge in [0.1, 0.15) is 0 Å². The molecular weight excluding hydrogens is 340 g/mol. The van der Waals surface area contributed by atoms with Crippen molar-refractivity contribution >= 4 is 28.9 Å². The van der Waals surface area contributed by atoms with E-state index in [1.54, 1.807) is 0 Å². The van der Waals surface area contributed by atoms with Gasteiger partial charge >= 0.3 is 0 Å². The van der Waals surface area contributed by atoms with Crippen molar-refractivity contribution in [3.05, 3.63) is 90.0 Å². The van der Waals surface area contributed by atoms with Crippen LogP contribution in [0.3, 0.4) is 0 Å². The monoisotopic (exact) mass is 358 g/mol. The molecule has 0 radical (unpaired) electrons. The van der Waals surface area contributed by atoms with Gasteiger partial charge < -0.3 is 4.90 Å². The van der Waals surface area contributed by atoms with Crippen LogP contribution in [0.2, 0.25) is 0 Å². The van der Waals surface area contributed by atoms with E-state index in [0.29, 0.717) is 10.7 Å². The summed E-state index contributed by atoms with van der Waals surface area (Å²) in [6.07, 6.45) is 0.942.